The second-order valence-corrected chi connectivity index (χ2v) is 6.28. The smallest absolute Gasteiger partial charge is 0.124 e. The molecule has 3 nitrogen and oxygen atoms in total. The van der Waals surface area contributed by atoms with Crippen LogP contribution in [0.25, 0.3) is 0 Å². The molecule has 2 atom stereocenters. The molecule has 1 aromatic carbocycles. The molecule has 1 rings (SSSR count). The standard InChI is InChI=1S/C16H27NO2/c1-11-7-8-15(19-13(3)12(2)18)14(9-11)10-17-16(4,5)6/h7-9,12-13,17-18H,10H2,1-6H3. The lowest BCUT2D eigenvalue weighted by Gasteiger charge is -2.24. The largest absolute Gasteiger partial charge is 0.488 e. The molecular weight excluding hydrogens is 238 g/mol. The SMILES string of the molecule is Cc1ccc(OC(C)C(C)O)c(CNC(C)(C)C)c1. The first-order valence-electron chi connectivity index (χ1n) is 6.88. The van der Waals surface area contributed by atoms with Crippen molar-refractivity contribution in [2.45, 2.75) is 65.8 Å². The zero-order valence-electron chi connectivity index (χ0n) is 12.9. The van der Waals surface area contributed by atoms with E-state index in [0.717, 1.165) is 17.9 Å². The summed E-state index contributed by atoms with van der Waals surface area (Å²) in [6, 6.07) is 6.14. The molecule has 108 valence electrons. The van der Waals surface area contributed by atoms with Crippen LogP contribution >= 0.6 is 0 Å². The second kappa shape index (κ2) is 6.40. The maximum atomic E-state index is 9.55. The molecule has 0 spiro atoms. The van der Waals surface area contributed by atoms with Crippen LogP contribution in [0.15, 0.2) is 18.2 Å². The zero-order valence-corrected chi connectivity index (χ0v) is 12.9. The maximum Gasteiger partial charge on any atom is 0.124 e. The van der Waals surface area contributed by atoms with Crippen molar-refractivity contribution in [3.63, 3.8) is 0 Å². The summed E-state index contributed by atoms with van der Waals surface area (Å²) in [4.78, 5) is 0. The predicted octanol–water partition coefficient (Wildman–Crippen LogP) is 3.03. The van der Waals surface area contributed by atoms with E-state index in [2.05, 4.69) is 39.1 Å². The van der Waals surface area contributed by atoms with Gasteiger partial charge in [-0.1, -0.05) is 17.7 Å². The minimum absolute atomic E-state index is 0.0664. The molecule has 0 aromatic heterocycles. The van der Waals surface area contributed by atoms with Crippen LogP contribution in [0.4, 0.5) is 0 Å². The van der Waals surface area contributed by atoms with Gasteiger partial charge in [0, 0.05) is 17.6 Å². The number of aryl methyl sites for hydroxylation is 1. The minimum atomic E-state index is -0.482. The van der Waals surface area contributed by atoms with Gasteiger partial charge >= 0.3 is 0 Å². The van der Waals surface area contributed by atoms with Crippen molar-refractivity contribution < 1.29 is 9.84 Å². The Bertz CT molecular complexity index is 408. The molecule has 0 saturated heterocycles. The third kappa shape index (κ3) is 5.62. The Balaban J connectivity index is 2.85. The molecule has 3 heteroatoms. The van der Waals surface area contributed by atoms with Gasteiger partial charge in [0.2, 0.25) is 0 Å². The van der Waals surface area contributed by atoms with Gasteiger partial charge in [-0.05, 0) is 47.6 Å². The third-order valence-electron chi connectivity index (χ3n) is 3.02. The van der Waals surface area contributed by atoms with Gasteiger partial charge in [0.1, 0.15) is 11.9 Å². The summed E-state index contributed by atoms with van der Waals surface area (Å²) < 4.78 is 5.84. The van der Waals surface area contributed by atoms with E-state index in [1.165, 1.54) is 5.56 Å². The van der Waals surface area contributed by atoms with Gasteiger partial charge in [-0.15, -0.1) is 0 Å². The average molecular weight is 265 g/mol. The van der Waals surface area contributed by atoms with Gasteiger partial charge in [0.25, 0.3) is 0 Å². The van der Waals surface area contributed by atoms with E-state index in [0.29, 0.717) is 0 Å². The predicted molar refractivity (Wildman–Crippen MR) is 79.5 cm³/mol. The van der Waals surface area contributed by atoms with E-state index in [9.17, 15) is 5.11 Å². The molecule has 0 amide bonds. The highest BCUT2D eigenvalue weighted by atomic mass is 16.5. The Morgan fingerprint density at radius 2 is 1.89 bits per heavy atom. The molecule has 0 aliphatic carbocycles. The topological polar surface area (TPSA) is 41.5 Å². The van der Waals surface area contributed by atoms with Gasteiger partial charge in [-0.3, -0.25) is 0 Å². The number of benzene rings is 1. The lowest BCUT2D eigenvalue weighted by Crippen LogP contribution is -2.35. The van der Waals surface area contributed by atoms with Crippen LogP contribution in [0, 0.1) is 6.92 Å². The van der Waals surface area contributed by atoms with Crippen molar-refractivity contribution in [2.24, 2.45) is 0 Å². The minimum Gasteiger partial charge on any atom is -0.488 e. The van der Waals surface area contributed by atoms with E-state index < -0.39 is 6.10 Å². The van der Waals surface area contributed by atoms with Crippen molar-refractivity contribution >= 4 is 0 Å². The van der Waals surface area contributed by atoms with Gasteiger partial charge in [0.15, 0.2) is 0 Å². The van der Waals surface area contributed by atoms with E-state index in [4.69, 9.17) is 4.74 Å². The molecule has 0 aliphatic heterocycles. The summed E-state index contributed by atoms with van der Waals surface area (Å²) in [5.74, 6) is 0.843. The summed E-state index contributed by atoms with van der Waals surface area (Å²) in [6.45, 7) is 12.9. The first-order valence-corrected chi connectivity index (χ1v) is 6.88. The lowest BCUT2D eigenvalue weighted by molar-refractivity contribution is 0.0597. The molecule has 1 aromatic rings. The van der Waals surface area contributed by atoms with Crippen LogP contribution in [0.3, 0.4) is 0 Å². The van der Waals surface area contributed by atoms with Crippen LogP contribution < -0.4 is 10.1 Å². The van der Waals surface area contributed by atoms with Crippen molar-refractivity contribution in [3.8, 4) is 5.75 Å². The zero-order chi connectivity index (χ0) is 14.6. The van der Waals surface area contributed by atoms with Gasteiger partial charge in [0.05, 0.1) is 6.10 Å². The Kier molecular flexibility index (Phi) is 5.39. The van der Waals surface area contributed by atoms with Crippen LogP contribution in [-0.2, 0) is 6.54 Å². The quantitative estimate of drug-likeness (QED) is 0.860. The van der Waals surface area contributed by atoms with Crippen LogP contribution in [0.5, 0.6) is 5.75 Å². The number of hydrogen-bond acceptors (Lipinski definition) is 3. The van der Waals surface area contributed by atoms with Crippen molar-refractivity contribution in [1.29, 1.82) is 0 Å². The summed E-state index contributed by atoms with van der Waals surface area (Å²) in [5.41, 5.74) is 2.40. The molecular formula is C16H27NO2. The number of aliphatic hydroxyl groups excluding tert-OH is 1. The first-order chi connectivity index (χ1) is 8.69. The van der Waals surface area contributed by atoms with E-state index >= 15 is 0 Å². The molecule has 0 fully saturated rings. The first kappa shape index (κ1) is 16.0. The fraction of sp³-hybridized carbons (Fsp3) is 0.625. The second-order valence-electron chi connectivity index (χ2n) is 6.28. The van der Waals surface area contributed by atoms with Gasteiger partial charge < -0.3 is 15.2 Å². The normalized spacial score (nSPS) is 15.1. The Labute approximate surface area is 117 Å². The van der Waals surface area contributed by atoms with Crippen molar-refractivity contribution in [3.05, 3.63) is 29.3 Å². The van der Waals surface area contributed by atoms with Crippen LogP contribution in [-0.4, -0.2) is 22.9 Å². The van der Waals surface area contributed by atoms with Crippen LogP contribution in [0.2, 0.25) is 0 Å². The Morgan fingerprint density at radius 3 is 2.42 bits per heavy atom. The summed E-state index contributed by atoms with van der Waals surface area (Å²) in [6.07, 6.45) is -0.694. The monoisotopic (exact) mass is 265 g/mol. The van der Waals surface area contributed by atoms with Gasteiger partial charge in [-0.2, -0.15) is 0 Å². The molecule has 0 saturated carbocycles. The summed E-state index contributed by atoms with van der Waals surface area (Å²) >= 11 is 0. The van der Waals surface area contributed by atoms with E-state index in [1.807, 2.05) is 19.1 Å². The number of ether oxygens (including phenoxy) is 1. The van der Waals surface area contributed by atoms with Gasteiger partial charge in [-0.25, -0.2) is 0 Å². The number of nitrogens with one attached hydrogen (secondary N) is 1. The lowest BCUT2D eigenvalue weighted by atomic mass is 10.1. The fourth-order valence-corrected chi connectivity index (χ4v) is 1.62. The van der Waals surface area contributed by atoms with Crippen LogP contribution in [0.1, 0.15) is 45.7 Å². The van der Waals surface area contributed by atoms with E-state index in [1.54, 1.807) is 6.92 Å². The molecule has 2 unspecified atom stereocenters. The highest BCUT2D eigenvalue weighted by Crippen LogP contribution is 2.22. The molecule has 0 heterocycles. The molecule has 2 N–H and O–H groups in total. The van der Waals surface area contributed by atoms with Crippen molar-refractivity contribution in [2.75, 3.05) is 0 Å². The summed E-state index contributed by atoms with van der Waals surface area (Å²) in [7, 11) is 0. The highest BCUT2D eigenvalue weighted by Gasteiger charge is 2.15. The summed E-state index contributed by atoms with van der Waals surface area (Å²) in [5, 5.41) is 13.0. The molecule has 19 heavy (non-hydrogen) atoms. The third-order valence-corrected chi connectivity index (χ3v) is 3.02. The molecule has 0 aliphatic rings. The Morgan fingerprint density at radius 1 is 1.26 bits per heavy atom. The number of aliphatic hydroxyl groups is 1. The fourth-order valence-electron chi connectivity index (χ4n) is 1.62. The average Bonchev–Trinajstić information content (AvgIpc) is 2.28. The number of rotatable bonds is 5. The number of hydrogen-bond donors (Lipinski definition) is 2. The Hall–Kier alpha value is -1.06. The van der Waals surface area contributed by atoms with Crippen molar-refractivity contribution in [1.82, 2.24) is 5.32 Å². The van der Waals surface area contributed by atoms with E-state index in [-0.39, 0.29) is 11.6 Å². The highest BCUT2D eigenvalue weighted by molar-refractivity contribution is 5.37. The molecule has 0 bridgehead atoms. The molecule has 0 radical (unpaired) electrons. The maximum absolute atomic E-state index is 9.55.